The van der Waals surface area contributed by atoms with Gasteiger partial charge in [0.25, 0.3) is 0 Å². The third-order valence-electron chi connectivity index (χ3n) is 2.78. The summed E-state index contributed by atoms with van der Waals surface area (Å²) >= 11 is 15.0. The number of amides is 1. The van der Waals surface area contributed by atoms with Crippen LogP contribution in [0, 0.1) is 5.82 Å². The molecule has 21 heavy (non-hydrogen) atoms. The van der Waals surface area contributed by atoms with Crippen molar-refractivity contribution in [3.63, 3.8) is 0 Å². The average molecular weight is 392 g/mol. The predicted octanol–water partition coefficient (Wildman–Crippen LogP) is 4.53. The highest BCUT2D eigenvalue weighted by Crippen LogP contribution is 2.29. The van der Waals surface area contributed by atoms with Gasteiger partial charge in [0.15, 0.2) is 0 Å². The maximum atomic E-state index is 13.9. The van der Waals surface area contributed by atoms with Crippen LogP contribution in [0.4, 0.5) is 10.1 Å². The van der Waals surface area contributed by atoms with E-state index in [0.29, 0.717) is 20.2 Å². The maximum absolute atomic E-state index is 13.9. The fraction of sp³-hybridized carbons (Fsp3) is 0.0714. The second-order valence-corrected chi connectivity index (χ2v) is 5.97. The second kappa shape index (κ2) is 6.64. The number of primary amides is 1. The number of benzene rings is 2. The zero-order valence-electron chi connectivity index (χ0n) is 10.5. The zero-order chi connectivity index (χ0) is 15.6. The van der Waals surface area contributed by atoms with E-state index in [2.05, 4.69) is 21.2 Å². The molecular formula is C14H10BrCl2FN2O. The summed E-state index contributed by atoms with van der Waals surface area (Å²) in [7, 11) is 0. The molecule has 0 saturated heterocycles. The molecule has 3 nitrogen and oxygen atoms in total. The van der Waals surface area contributed by atoms with Crippen molar-refractivity contribution in [1.82, 2.24) is 0 Å². The van der Waals surface area contributed by atoms with Crippen molar-refractivity contribution in [3.05, 3.63) is 62.3 Å². The van der Waals surface area contributed by atoms with Gasteiger partial charge >= 0.3 is 0 Å². The summed E-state index contributed by atoms with van der Waals surface area (Å²) in [4.78, 5) is 11.6. The Bertz CT molecular complexity index is 697. The lowest BCUT2D eigenvalue weighted by Crippen LogP contribution is -2.28. The Morgan fingerprint density at radius 3 is 2.57 bits per heavy atom. The number of anilines is 1. The first-order valence-corrected chi connectivity index (χ1v) is 7.39. The molecule has 0 aliphatic heterocycles. The third-order valence-corrected chi connectivity index (χ3v) is 4.23. The van der Waals surface area contributed by atoms with Crippen LogP contribution in [-0.2, 0) is 4.79 Å². The van der Waals surface area contributed by atoms with Gasteiger partial charge in [0.1, 0.15) is 11.9 Å². The van der Waals surface area contributed by atoms with E-state index in [0.717, 1.165) is 0 Å². The standard InChI is InChI=1S/C14H10BrCl2FN2O/c15-10-6-8(2-3-11(10)17)20-13(14(19)21)9-5-7(16)1-4-12(9)18/h1-6,13,20H,(H2,19,21). The molecule has 0 aliphatic rings. The first-order chi connectivity index (χ1) is 9.88. The molecule has 0 aromatic heterocycles. The molecule has 2 rings (SSSR count). The van der Waals surface area contributed by atoms with E-state index in [9.17, 15) is 9.18 Å². The molecule has 0 spiro atoms. The predicted molar refractivity (Wildman–Crippen MR) is 86.1 cm³/mol. The van der Waals surface area contributed by atoms with Gasteiger partial charge in [-0.25, -0.2) is 4.39 Å². The lowest BCUT2D eigenvalue weighted by Gasteiger charge is -2.18. The normalized spacial score (nSPS) is 12.0. The molecule has 7 heteroatoms. The monoisotopic (exact) mass is 390 g/mol. The lowest BCUT2D eigenvalue weighted by atomic mass is 10.1. The Morgan fingerprint density at radius 2 is 1.95 bits per heavy atom. The molecule has 2 aromatic carbocycles. The highest BCUT2D eigenvalue weighted by molar-refractivity contribution is 9.10. The number of carbonyl (C=O) groups is 1. The molecule has 0 aliphatic carbocycles. The summed E-state index contributed by atoms with van der Waals surface area (Å²) < 4.78 is 14.5. The Morgan fingerprint density at radius 1 is 1.24 bits per heavy atom. The SMILES string of the molecule is NC(=O)C(Nc1ccc(Cl)c(Br)c1)c1cc(Cl)ccc1F. The highest BCUT2D eigenvalue weighted by atomic mass is 79.9. The molecule has 1 amide bonds. The summed E-state index contributed by atoms with van der Waals surface area (Å²) in [5.74, 6) is -1.29. The average Bonchev–Trinajstić information content (AvgIpc) is 2.42. The molecule has 2 aromatic rings. The van der Waals surface area contributed by atoms with Crippen LogP contribution in [-0.4, -0.2) is 5.91 Å². The van der Waals surface area contributed by atoms with Crippen LogP contribution in [0.3, 0.4) is 0 Å². The van der Waals surface area contributed by atoms with Crippen molar-refractivity contribution in [2.75, 3.05) is 5.32 Å². The molecule has 0 heterocycles. The van der Waals surface area contributed by atoms with Gasteiger partial charge in [0, 0.05) is 20.7 Å². The highest BCUT2D eigenvalue weighted by Gasteiger charge is 2.22. The van der Waals surface area contributed by atoms with Crippen molar-refractivity contribution in [2.24, 2.45) is 5.73 Å². The van der Waals surface area contributed by atoms with Gasteiger partial charge in [-0.1, -0.05) is 23.2 Å². The van der Waals surface area contributed by atoms with E-state index in [-0.39, 0.29) is 5.56 Å². The van der Waals surface area contributed by atoms with Gasteiger partial charge in [0.2, 0.25) is 5.91 Å². The van der Waals surface area contributed by atoms with Crippen LogP contribution in [0.15, 0.2) is 40.9 Å². The molecule has 110 valence electrons. The van der Waals surface area contributed by atoms with E-state index >= 15 is 0 Å². The molecule has 0 saturated carbocycles. The molecular weight excluding hydrogens is 382 g/mol. The van der Waals surface area contributed by atoms with Crippen LogP contribution in [0.25, 0.3) is 0 Å². The quantitative estimate of drug-likeness (QED) is 0.804. The van der Waals surface area contributed by atoms with Crippen LogP contribution in [0.5, 0.6) is 0 Å². The number of halogens is 4. The number of hydrogen-bond donors (Lipinski definition) is 2. The number of carbonyl (C=O) groups excluding carboxylic acids is 1. The Labute approximate surface area is 139 Å². The van der Waals surface area contributed by atoms with E-state index in [4.69, 9.17) is 28.9 Å². The summed E-state index contributed by atoms with van der Waals surface area (Å²) in [6, 6.07) is 7.87. The van der Waals surface area contributed by atoms with Crippen LogP contribution >= 0.6 is 39.1 Å². The van der Waals surface area contributed by atoms with Crippen molar-refractivity contribution in [1.29, 1.82) is 0 Å². The summed E-state index contributed by atoms with van der Waals surface area (Å²) in [6.45, 7) is 0. The van der Waals surface area contributed by atoms with Crippen molar-refractivity contribution in [2.45, 2.75) is 6.04 Å². The molecule has 0 bridgehead atoms. The topological polar surface area (TPSA) is 55.1 Å². The minimum absolute atomic E-state index is 0.0843. The van der Waals surface area contributed by atoms with E-state index in [1.54, 1.807) is 18.2 Å². The summed E-state index contributed by atoms with van der Waals surface area (Å²) in [5.41, 5.74) is 6.00. The van der Waals surface area contributed by atoms with Gasteiger partial charge in [-0.05, 0) is 52.3 Å². The first kappa shape index (κ1) is 16.1. The molecule has 0 fully saturated rings. The Kier molecular flexibility index (Phi) is 5.08. The summed E-state index contributed by atoms with van der Waals surface area (Å²) in [5, 5.41) is 3.70. The van der Waals surface area contributed by atoms with Gasteiger partial charge in [0.05, 0.1) is 5.02 Å². The number of hydrogen-bond acceptors (Lipinski definition) is 2. The summed E-state index contributed by atoms with van der Waals surface area (Å²) in [6.07, 6.45) is 0. The van der Waals surface area contributed by atoms with E-state index in [1.165, 1.54) is 18.2 Å². The van der Waals surface area contributed by atoms with E-state index in [1.807, 2.05) is 0 Å². The Balaban J connectivity index is 2.37. The van der Waals surface area contributed by atoms with Gasteiger partial charge in [-0.2, -0.15) is 0 Å². The molecule has 1 unspecified atom stereocenters. The first-order valence-electron chi connectivity index (χ1n) is 5.84. The molecule has 1 atom stereocenters. The van der Waals surface area contributed by atoms with Gasteiger partial charge < -0.3 is 11.1 Å². The minimum Gasteiger partial charge on any atom is -0.370 e. The number of nitrogens with two attached hydrogens (primary N) is 1. The van der Waals surface area contributed by atoms with E-state index < -0.39 is 17.8 Å². The number of rotatable bonds is 4. The molecule has 3 N–H and O–H groups in total. The van der Waals surface area contributed by atoms with Crippen molar-refractivity contribution < 1.29 is 9.18 Å². The van der Waals surface area contributed by atoms with Crippen LogP contribution in [0.2, 0.25) is 10.0 Å². The van der Waals surface area contributed by atoms with Gasteiger partial charge in [-0.15, -0.1) is 0 Å². The lowest BCUT2D eigenvalue weighted by molar-refractivity contribution is -0.118. The fourth-order valence-electron chi connectivity index (χ4n) is 1.79. The smallest absolute Gasteiger partial charge is 0.244 e. The van der Waals surface area contributed by atoms with Crippen molar-refractivity contribution >= 4 is 50.7 Å². The fourth-order valence-corrected chi connectivity index (χ4v) is 2.47. The van der Waals surface area contributed by atoms with Crippen LogP contribution < -0.4 is 11.1 Å². The van der Waals surface area contributed by atoms with Crippen LogP contribution in [0.1, 0.15) is 11.6 Å². The largest absolute Gasteiger partial charge is 0.370 e. The molecule has 0 radical (unpaired) electrons. The van der Waals surface area contributed by atoms with Crippen molar-refractivity contribution in [3.8, 4) is 0 Å². The Hall–Kier alpha value is -1.30. The minimum atomic E-state index is -1.04. The zero-order valence-corrected chi connectivity index (χ0v) is 13.6. The third kappa shape index (κ3) is 3.87. The van der Waals surface area contributed by atoms with Gasteiger partial charge in [-0.3, -0.25) is 4.79 Å². The second-order valence-electron chi connectivity index (χ2n) is 4.27. The number of nitrogens with one attached hydrogen (secondary N) is 1. The maximum Gasteiger partial charge on any atom is 0.244 e.